The number of unbranched alkanes of at least 4 members (excludes halogenated alkanes) is 1. The van der Waals surface area contributed by atoms with Gasteiger partial charge in [0.2, 0.25) is 5.91 Å². The van der Waals surface area contributed by atoms with E-state index in [4.69, 9.17) is 0 Å². The number of carbonyl (C=O) groups excluding carboxylic acids is 1. The van der Waals surface area contributed by atoms with E-state index in [0.29, 0.717) is 19.4 Å². The average Bonchev–Trinajstić information content (AvgIpc) is 2.94. The molecule has 2 atom stereocenters. The molecule has 1 heterocycles. The first-order chi connectivity index (χ1) is 13.5. The molecule has 0 bridgehead atoms. The summed E-state index contributed by atoms with van der Waals surface area (Å²) in [6.07, 6.45) is 10.1. The summed E-state index contributed by atoms with van der Waals surface area (Å²) in [4.78, 5) is 16.6. The van der Waals surface area contributed by atoms with E-state index in [-0.39, 0.29) is 17.7 Å². The molecule has 28 heavy (non-hydrogen) atoms. The van der Waals surface area contributed by atoms with Gasteiger partial charge in [-0.2, -0.15) is 0 Å². The summed E-state index contributed by atoms with van der Waals surface area (Å²) in [7, 11) is 0. The standard InChI is InChI=1S/C23H37FN2O2/c1-4-8-20-16-26(23(28)18(20)3)15-7-6-14-25(13-5-2)17-22(27)19-9-11-21(24)12-10-19/h4,8,11,19,22,27H,5-7,9-10,12-17H2,1-3H3/b8-4-. The van der Waals surface area contributed by atoms with Gasteiger partial charge in [0, 0.05) is 25.2 Å². The van der Waals surface area contributed by atoms with E-state index in [9.17, 15) is 14.3 Å². The molecule has 2 rings (SSSR count). The molecule has 4 nitrogen and oxygen atoms in total. The van der Waals surface area contributed by atoms with Crippen molar-refractivity contribution in [1.82, 2.24) is 9.80 Å². The third-order valence-corrected chi connectivity index (χ3v) is 5.90. The van der Waals surface area contributed by atoms with Crippen LogP contribution in [0.1, 0.15) is 59.3 Å². The Morgan fingerprint density at radius 1 is 1.39 bits per heavy atom. The zero-order valence-electron chi connectivity index (χ0n) is 17.8. The van der Waals surface area contributed by atoms with Crippen LogP contribution in [0, 0.1) is 5.92 Å². The summed E-state index contributed by atoms with van der Waals surface area (Å²) < 4.78 is 13.2. The Kier molecular flexibility index (Phi) is 9.39. The van der Waals surface area contributed by atoms with Gasteiger partial charge in [-0.1, -0.05) is 25.2 Å². The van der Waals surface area contributed by atoms with Crippen molar-refractivity contribution in [2.75, 3.05) is 32.7 Å². The van der Waals surface area contributed by atoms with Crippen LogP contribution in [0.4, 0.5) is 4.39 Å². The van der Waals surface area contributed by atoms with Crippen LogP contribution in [-0.4, -0.2) is 59.6 Å². The van der Waals surface area contributed by atoms with Gasteiger partial charge in [-0.3, -0.25) is 4.79 Å². The van der Waals surface area contributed by atoms with E-state index in [1.54, 1.807) is 6.08 Å². The first-order valence-corrected chi connectivity index (χ1v) is 10.8. The van der Waals surface area contributed by atoms with Gasteiger partial charge in [0.15, 0.2) is 0 Å². The van der Waals surface area contributed by atoms with Gasteiger partial charge in [-0.25, -0.2) is 4.39 Å². The zero-order chi connectivity index (χ0) is 20.5. The Balaban J connectivity index is 1.72. The van der Waals surface area contributed by atoms with Gasteiger partial charge in [0.05, 0.1) is 11.9 Å². The van der Waals surface area contributed by atoms with Crippen LogP contribution < -0.4 is 0 Å². The van der Waals surface area contributed by atoms with Crippen LogP contribution in [0.15, 0.2) is 35.2 Å². The van der Waals surface area contributed by atoms with Crippen molar-refractivity contribution in [3.05, 3.63) is 35.2 Å². The predicted octanol–water partition coefficient (Wildman–Crippen LogP) is 4.23. The molecule has 2 aliphatic rings. The second kappa shape index (κ2) is 11.5. The van der Waals surface area contributed by atoms with Crippen LogP contribution in [0.5, 0.6) is 0 Å². The van der Waals surface area contributed by atoms with E-state index in [0.717, 1.165) is 63.0 Å². The number of carbonyl (C=O) groups is 1. The summed E-state index contributed by atoms with van der Waals surface area (Å²) >= 11 is 0. The van der Waals surface area contributed by atoms with Gasteiger partial charge in [-0.05, 0) is 77.0 Å². The number of hydrogen-bond donors (Lipinski definition) is 1. The highest BCUT2D eigenvalue weighted by Crippen LogP contribution is 2.27. The van der Waals surface area contributed by atoms with Crippen LogP contribution in [-0.2, 0) is 4.79 Å². The van der Waals surface area contributed by atoms with Crippen LogP contribution in [0.25, 0.3) is 0 Å². The smallest absolute Gasteiger partial charge is 0.250 e. The highest BCUT2D eigenvalue weighted by atomic mass is 19.1. The molecule has 0 fully saturated rings. The van der Waals surface area contributed by atoms with Crippen molar-refractivity contribution >= 4 is 5.91 Å². The van der Waals surface area contributed by atoms with Crippen molar-refractivity contribution in [3.8, 4) is 0 Å². The Morgan fingerprint density at radius 3 is 2.82 bits per heavy atom. The Morgan fingerprint density at radius 2 is 2.18 bits per heavy atom. The second-order valence-corrected chi connectivity index (χ2v) is 8.14. The molecule has 0 saturated heterocycles. The summed E-state index contributed by atoms with van der Waals surface area (Å²) in [5.41, 5.74) is 1.99. The van der Waals surface area contributed by atoms with Crippen molar-refractivity contribution < 1.29 is 14.3 Å². The van der Waals surface area contributed by atoms with E-state index in [2.05, 4.69) is 11.8 Å². The Bertz CT molecular complexity index is 612. The molecule has 2 unspecified atom stereocenters. The number of nitrogens with zero attached hydrogens (tertiary/aromatic N) is 2. The van der Waals surface area contributed by atoms with Crippen molar-refractivity contribution in [1.29, 1.82) is 0 Å². The molecule has 0 aromatic carbocycles. The molecular weight excluding hydrogens is 355 g/mol. The monoisotopic (exact) mass is 392 g/mol. The Labute approximate surface area is 169 Å². The number of aliphatic hydroxyl groups is 1. The largest absolute Gasteiger partial charge is 0.391 e. The van der Waals surface area contributed by atoms with Gasteiger partial charge >= 0.3 is 0 Å². The first-order valence-electron chi connectivity index (χ1n) is 10.8. The molecule has 0 saturated carbocycles. The maximum atomic E-state index is 13.2. The van der Waals surface area contributed by atoms with Gasteiger partial charge < -0.3 is 14.9 Å². The number of amides is 1. The molecule has 158 valence electrons. The fourth-order valence-corrected chi connectivity index (χ4v) is 4.16. The average molecular weight is 393 g/mol. The minimum absolute atomic E-state index is 0.0346. The van der Waals surface area contributed by atoms with Gasteiger partial charge in [0.25, 0.3) is 0 Å². The Hall–Kier alpha value is -1.46. The lowest BCUT2D eigenvalue weighted by atomic mass is 9.88. The summed E-state index contributed by atoms with van der Waals surface area (Å²) in [5.74, 6) is 0.291. The van der Waals surface area contributed by atoms with Crippen LogP contribution in [0.2, 0.25) is 0 Å². The van der Waals surface area contributed by atoms with Crippen molar-refractivity contribution in [3.63, 3.8) is 0 Å². The molecule has 0 aromatic rings. The molecule has 1 amide bonds. The third-order valence-electron chi connectivity index (χ3n) is 5.90. The quantitative estimate of drug-likeness (QED) is 0.535. The summed E-state index contributed by atoms with van der Waals surface area (Å²) in [5, 5.41) is 10.6. The predicted molar refractivity (Wildman–Crippen MR) is 113 cm³/mol. The van der Waals surface area contributed by atoms with E-state index >= 15 is 0 Å². The molecule has 0 spiro atoms. The van der Waals surface area contributed by atoms with E-state index in [1.165, 1.54) is 0 Å². The lowest BCUT2D eigenvalue weighted by molar-refractivity contribution is -0.125. The number of allylic oxidation sites excluding steroid dienone is 3. The third kappa shape index (κ3) is 6.56. The fraction of sp³-hybridized carbons (Fsp3) is 0.696. The maximum absolute atomic E-state index is 13.2. The zero-order valence-corrected chi connectivity index (χ0v) is 17.8. The topological polar surface area (TPSA) is 43.8 Å². The molecule has 1 aliphatic heterocycles. The summed E-state index contributed by atoms with van der Waals surface area (Å²) in [6.45, 7) is 10.1. The number of rotatable bonds is 11. The molecular formula is C23H37FN2O2. The maximum Gasteiger partial charge on any atom is 0.250 e. The number of halogens is 1. The molecule has 0 radical (unpaired) electrons. The summed E-state index contributed by atoms with van der Waals surface area (Å²) in [6, 6.07) is 0. The fourth-order valence-electron chi connectivity index (χ4n) is 4.16. The van der Waals surface area contributed by atoms with Crippen molar-refractivity contribution in [2.24, 2.45) is 5.92 Å². The van der Waals surface area contributed by atoms with E-state index < -0.39 is 6.10 Å². The lowest BCUT2D eigenvalue weighted by Crippen LogP contribution is -2.38. The van der Waals surface area contributed by atoms with Gasteiger partial charge in [0.1, 0.15) is 0 Å². The van der Waals surface area contributed by atoms with Gasteiger partial charge in [-0.15, -0.1) is 0 Å². The SMILES string of the molecule is C/C=C\C1=C(C)C(=O)N(CCCCN(CCC)CC(O)C2CC=C(F)CC2)C1. The number of hydrogen-bond acceptors (Lipinski definition) is 3. The molecule has 1 aliphatic carbocycles. The van der Waals surface area contributed by atoms with E-state index in [1.807, 2.05) is 30.9 Å². The minimum atomic E-state index is -0.397. The molecule has 1 N–H and O–H groups in total. The highest BCUT2D eigenvalue weighted by molar-refractivity contribution is 5.97. The van der Waals surface area contributed by atoms with Crippen LogP contribution in [0.3, 0.4) is 0 Å². The second-order valence-electron chi connectivity index (χ2n) is 8.14. The molecule has 5 heteroatoms. The molecule has 0 aromatic heterocycles. The van der Waals surface area contributed by atoms with Crippen LogP contribution >= 0.6 is 0 Å². The normalized spacial score (nSPS) is 21.9. The van der Waals surface area contributed by atoms with Crippen molar-refractivity contribution in [2.45, 2.75) is 65.4 Å². The lowest BCUT2D eigenvalue weighted by Gasteiger charge is -2.30. The highest BCUT2D eigenvalue weighted by Gasteiger charge is 2.26. The minimum Gasteiger partial charge on any atom is -0.391 e. The first kappa shape index (κ1) is 22.8. The number of aliphatic hydroxyl groups excluding tert-OH is 1.